The quantitative estimate of drug-likeness (QED) is 0.156. The molecule has 4 aliphatic rings. The first kappa shape index (κ1) is 43.1. The lowest BCUT2D eigenvalue weighted by atomic mass is 9.99. The number of imidazole rings is 1. The van der Waals surface area contributed by atoms with Crippen molar-refractivity contribution in [3.05, 3.63) is 59.9 Å². The van der Waals surface area contributed by atoms with Crippen molar-refractivity contribution in [1.82, 2.24) is 40.6 Å². The van der Waals surface area contributed by atoms with Crippen LogP contribution in [0, 0.1) is 17.6 Å². The number of Topliss-reactive ketones (excluding diaryl/α,β-unsaturated/α-hetero) is 1. The number of hydrogen-bond donors (Lipinski definition) is 6. The number of aliphatic hydroxyl groups excluding tert-OH is 1. The second kappa shape index (κ2) is 17.6. The number of rotatable bonds is 12. The van der Waals surface area contributed by atoms with E-state index in [2.05, 4.69) is 31.2 Å². The zero-order valence-corrected chi connectivity index (χ0v) is 34.2. The number of fused-ring (bicyclic) bond motifs is 1. The van der Waals surface area contributed by atoms with Crippen molar-refractivity contribution in [2.75, 3.05) is 25.0 Å². The highest BCUT2D eigenvalue weighted by molar-refractivity contribution is 6.09. The molecule has 1 aliphatic carbocycles. The summed E-state index contributed by atoms with van der Waals surface area (Å²) in [7, 11) is 0. The molecule has 2 aromatic carbocycles. The van der Waals surface area contributed by atoms with Crippen molar-refractivity contribution in [3.63, 3.8) is 0 Å². The molecule has 326 valence electrons. The summed E-state index contributed by atoms with van der Waals surface area (Å²) in [4.78, 5) is 107. The Morgan fingerprint density at radius 2 is 1.62 bits per heavy atom. The standard InChI is InChI=1S/C42H51F2N9O8/c1-22-18-42(19-34(42)55)53(20-22)38(58)23(2)47-37(57)32-7-4-5-11-51(32)39(59)33-8-6-12-52(33)40(60)35(24(3)54)50-36(56)31(15-25-13-26(43)16-27(44)14-25)49-41(61)48-28-9-10-29-30(17-28)46-21-45-29/h9-10,13-14,16-17,21-24,31-33,35,54H,4-8,11-12,15,18-20H2,1-3H3,(H,45,46)(H,47,57)(H,50,56)(H2,48,49,61)/t22-,23+,24+,31+,32+,33+,35+,42-/m1/s1. The minimum atomic E-state index is -1.61. The Labute approximate surface area is 350 Å². The second-order valence-electron chi connectivity index (χ2n) is 16.8. The van der Waals surface area contributed by atoms with E-state index in [1.807, 2.05) is 6.92 Å². The van der Waals surface area contributed by atoms with Crippen LogP contribution in [0.5, 0.6) is 0 Å². The van der Waals surface area contributed by atoms with Gasteiger partial charge in [-0.15, -0.1) is 0 Å². The molecular formula is C42H51F2N9O8. The van der Waals surface area contributed by atoms with Crippen LogP contribution in [-0.4, -0.2) is 133 Å². The summed E-state index contributed by atoms with van der Waals surface area (Å²) in [6.07, 6.45) is 2.70. The van der Waals surface area contributed by atoms with Crippen molar-refractivity contribution in [3.8, 4) is 0 Å². The maximum atomic E-state index is 14.3. The minimum absolute atomic E-state index is 0.0148. The van der Waals surface area contributed by atoms with Gasteiger partial charge in [0.15, 0.2) is 5.78 Å². The van der Waals surface area contributed by atoms with Crippen LogP contribution in [-0.2, 0) is 35.2 Å². The summed E-state index contributed by atoms with van der Waals surface area (Å²) in [6.45, 7) is 5.56. The molecule has 3 saturated heterocycles. The number of nitrogens with zero attached hydrogens (tertiary/aromatic N) is 4. The number of H-pyrrole nitrogens is 1. The van der Waals surface area contributed by atoms with Crippen LogP contribution in [0.15, 0.2) is 42.7 Å². The van der Waals surface area contributed by atoms with Gasteiger partial charge in [0.1, 0.15) is 47.4 Å². The molecule has 6 N–H and O–H groups in total. The Morgan fingerprint density at radius 3 is 2.33 bits per heavy atom. The van der Waals surface area contributed by atoms with Gasteiger partial charge >= 0.3 is 6.03 Å². The van der Waals surface area contributed by atoms with Crippen LogP contribution >= 0.6 is 0 Å². The molecule has 0 bridgehead atoms. The van der Waals surface area contributed by atoms with E-state index in [9.17, 15) is 47.4 Å². The largest absolute Gasteiger partial charge is 0.391 e. The second-order valence-corrected chi connectivity index (χ2v) is 16.8. The van der Waals surface area contributed by atoms with Gasteiger partial charge in [-0.3, -0.25) is 28.8 Å². The third-order valence-corrected chi connectivity index (χ3v) is 12.2. The third kappa shape index (κ3) is 9.20. The Kier molecular flexibility index (Phi) is 12.4. The van der Waals surface area contributed by atoms with Gasteiger partial charge in [-0.1, -0.05) is 6.92 Å². The molecule has 0 unspecified atom stereocenters. The molecule has 1 saturated carbocycles. The van der Waals surface area contributed by atoms with E-state index in [4.69, 9.17) is 0 Å². The third-order valence-electron chi connectivity index (χ3n) is 12.2. The first-order chi connectivity index (χ1) is 29.0. The van der Waals surface area contributed by atoms with Crippen LogP contribution in [0.1, 0.15) is 71.3 Å². The summed E-state index contributed by atoms with van der Waals surface area (Å²) in [6, 6.07) is 0.620. The molecule has 7 rings (SSSR count). The number of carbonyl (C=O) groups excluding carboxylic acids is 7. The highest BCUT2D eigenvalue weighted by Gasteiger charge is 2.63. The highest BCUT2D eigenvalue weighted by Crippen LogP contribution is 2.48. The van der Waals surface area contributed by atoms with Gasteiger partial charge in [-0.2, -0.15) is 0 Å². The van der Waals surface area contributed by atoms with Crippen LogP contribution in [0.4, 0.5) is 19.3 Å². The molecule has 61 heavy (non-hydrogen) atoms. The average molecular weight is 848 g/mol. The monoisotopic (exact) mass is 847 g/mol. The number of aliphatic hydroxyl groups is 1. The van der Waals surface area contributed by atoms with Gasteiger partial charge in [0.2, 0.25) is 29.5 Å². The Bertz CT molecular complexity index is 2220. The fourth-order valence-electron chi connectivity index (χ4n) is 9.08. The number of aromatic amines is 1. The fourth-order valence-corrected chi connectivity index (χ4v) is 9.08. The SMILES string of the molecule is C[C@H]1CN(C(=O)[C@H](C)NC(=O)[C@@H]2CCCCN2C(=O)[C@@H]2CCCN2C(=O)[C@@H](NC(=O)[C@H](Cc2cc(F)cc(F)c2)NC(=O)Nc2ccc3nc[nH]c3c2)[C@H](C)O)[C@@]2(CC2=O)C1. The zero-order chi connectivity index (χ0) is 43.7. The van der Waals surface area contributed by atoms with Crippen molar-refractivity contribution in [1.29, 1.82) is 0 Å². The topological polar surface area (TPSA) is 226 Å². The highest BCUT2D eigenvalue weighted by atomic mass is 19.1. The summed E-state index contributed by atoms with van der Waals surface area (Å²) in [5.74, 6) is -4.77. The van der Waals surface area contributed by atoms with Crippen LogP contribution in [0.25, 0.3) is 11.0 Å². The molecule has 4 fully saturated rings. The van der Waals surface area contributed by atoms with Crippen LogP contribution in [0.3, 0.4) is 0 Å². The Morgan fingerprint density at radius 1 is 0.918 bits per heavy atom. The van der Waals surface area contributed by atoms with Gasteiger partial charge in [-0.05, 0) is 94.2 Å². The number of anilines is 1. The van der Waals surface area contributed by atoms with E-state index in [1.54, 1.807) is 30.0 Å². The van der Waals surface area contributed by atoms with E-state index in [1.165, 1.54) is 23.1 Å². The molecule has 17 nitrogen and oxygen atoms in total. The number of likely N-dealkylation sites (tertiary alicyclic amines) is 3. The maximum absolute atomic E-state index is 14.3. The molecule has 0 radical (unpaired) electrons. The predicted octanol–water partition coefficient (Wildman–Crippen LogP) is 1.90. The molecule has 3 aromatic rings. The van der Waals surface area contributed by atoms with Crippen molar-refractivity contribution in [2.45, 2.75) is 114 Å². The number of ketones is 1. The van der Waals surface area contributed by atoms with Gasteiger partial charge in [0, 0.05) is 44.2 Å². The number of urea groups is 1. The zero-order valence-electron chi connectivity index (χ0n) is 34.2. The molecule has 19 heteroatoms. The van der Waals surface area contributed by atoms with E-state index in [0.717, 1.165) is 12.1 Å². The number of aromatic nitrogens is 2. The first-order valence-corrected chi connectivity index (χ1v) is 20.7. The number of nitrogens with one attached hydrogen (secondary N) is 5. The number of hydrogen-bond acceptors (Lipinski definition) is 9. The molecule has 8 atom stereocenters. The van der Waals surface area contributed by atoms with Gasteiger partial charge in [0.25, 0.3) is 0 Å². The Balaban J connectivity index is 1.03. The molecular weight excluding hydrogens is 797 g/mol. The molecule has 7 amide bonds. The molecule has 4 heterocycles. The summed E-state index contributed by atoms with van der Waals surface area (Å²) < 4.78 is 28.4. The number of halogens is 2. The van der Waals surface area contributed by atoms with Gasteiger partial charge in [-0.25, -0.2) is 18.6 Å². The van der Waals surface area contributed by atoms with Gasteiger partial charge in [0.05, 0.1) is 23.5 Å². The van der Waals surface area contributed by atoms with E-state index in [-0.39, 0.29) is 42.7 Å². The smallest absolute Gasteiger partial charge is 0.319 e. The summed E-state index contributed by atoms with van der Waals surface area (Å²) >= 11 is 0. The summed E-state index contributed by atoms with van der Waals surface area (Å²) in [5, 5.41) is 21.3. The lowest BCUT2D eigenvalue weighted by Gasteiger charge is -2.39. The molecule has 3 aliphatic heterocycles. The number of carbonyl (C=O) groups is 7. The fraction of sp³-hybridized carbons (Fsp3) is 0.524. The van der Waals surface area contributed by atoms with Gasteiger partial charge < -0.3 is 46.1 Å². The number of amides is 7. The first-order valence-electron chi connectivity index (χ1n) is 20.7. The summed E-state index contributed by atoms with van der Waals surface area (Å²) in [5.41, 5.74) is 0.842. The van der Waals surface area contributed by atoms with E-state index < -0.39 is 89.6 Å². The average Bonchev–Trinajstić information content (AvgIpc) is 3.65. The lowest BCUT2D eigenvalue weighted by molar-refractivity contribution is -0.152. The number of benzene rings is 2. The molecule has 1 aromatic heterocycles. The van der Waals surface area contributed by atoms with Crippen molar-refractivity contribution < 1.29 is 47.4 Å². The van der Waals surface area contributed by atoms with Crippen molar-refractivity contribution >= 4 is 58.1 Å². The van der Waals surface area contributed by atoms with Crippen LogP contribution in [0.2, 0.25) is 0 Å². The maximum Gasteiger partial charge on any atom is 0.319 e. The molecule has 1 spiro atoms. The lowest BCUT2D eigenvalue weighted by Crippen LogP contribution is -2.62. The van der Waals surface area contributed by atoms with Crippen molar-refractivity contribution in [2.24, 2.45) is 5.92 Å². The minimum Gasteiger partial charge on any atom is -0.391 e. The van der Waals surface area contributed by atoms with E-state index in [0.29, 0.717) is 67.9 Å². The number of piperidine rings is 1. The Hall–Kier alpha value is -5.98. The predicted molar refractivity (Wildman–Crippen MR) is 215 cm³/mol. The van der Waals surface area contributed by atoms with E-state index >= 15 is 0 Å². The normalized spacial score (nSPS) is 24.3. The van der Waals surface area contributed by atoms with Crippen LogP contribution < -0.4 is 21.3 Å².